The molecule has 6 heteroatoms. The van der Waals surface area contributed by atoms with E-state index in [1.807, 2.05) is 52.7 Å². The summed E-state index contributed by atoms with van der Waals surface area (Å²) in [6.45, 7) is 0.497. The van der Waals surface area contributed by atoms with Gasteiger partial charge in [0.25, 0.3) is 0 Å². The van der Waals surface area contributed by atoms with Crippen LogP contribution in [0, 0.1) is 0 Å². The van der Waals surface area contributed by atoms with E-state index < -0.39 is 0 Å². The first kappa shape index (κ1) is 18.0. The monoisotopic (exact) mass is 419 g/mol. The van der Waals surface area contributed by atoms with Crippen molar-refractivity contribution in [1.29, 1.82) is 0 Å². The van der Waals surface area contributed by atoms with Crippen LogP contribution < -0.4 is 5.32 Å². The highest BCUT2D eigenvalue weighted by molar-refractivity contribution is 7.10. The summed E-state index contributed by atoms with van der Waals surface area (Å²) in [4.78, 5) is 16.5. The number of carbonyl (C=O) groups is 1. The molecule has 0 bridgehead atoms. The first-order chi connectivity index (χ1) is 14.2. The van der Waals surface area contributed by atoms with E-state index in [0.717, 1.165) is 21.8 Å². The second-order valence-electron chi connectivity index (χ2n) is 6.89. The predicted molar refractivity (Wildman–Crippen MR) is 118 cm³/mol. The molecule has 4 nitrogen and oxygen atoms in total. The fourth-order valence-electron chi connectivity index (χ4n) is 3.84. The van der Waals surface area contributed by atoms with Crippen LogP contribution >= 0.6 is 22.9 Å². The van der Waals surface area contributed by atoms with E-state index in [9.17, 15) is 4.79 Å². The lowest BCUT2D eigenvalue weighted by Crippen LogP contribution is -2.37. The zero-order chi connectivity index (χ0) is 19.8. The number of nitrogens with zero attached hydrogens (tertiary/aromatic N) is 2. The second-order valence-corrected chi connectivity index (χ2v) is 8.27. The van der Waals surface area contributed by atoms with E-state index in [1.165, 1.54) is 0 Å². The molecule has 0 unspecified atom stereocenters. The maximum atomic E-state index is 13.5. The quantitative estimate of drug-likeness (QED) is 0.405. The van der Waals surface area contributed by atoms with Crippen LogP contribution in [0.15, 0.2) is 84.4 Å². The fraction of sp³-hybridized carbons (Fsp3) is 0.0870. The van der Waals surface area contributed by atoms with Crippen LogP contribution in [0.4, 0.5) is 10.5 Å². The number of thiophene rings is 1. The van der Waals surface area contributed by atoms with Crippen molar-refractivity contribution >= 4 is 34.7 Å². The minimum atomic E-state index is -0.195. The first-order valence-electron chi connectivity index (χ1n) is 9.33. The number of anilines is 1. The lowest BCUT2D eigenvalue weighted by Gasteiger charge is -2.30. The van der Waals surface area contributed by atoms with Gasteiger partial charge in [0, 0.05) is 11.1 Å². The van der Waals surface area contributed by atoms with Crippen molar-refractivity contribution in [1.82, 2.24) is 9.47 Å². The molecule has 0 spiro atoms. The molecule has 5 rings (SSSR count). The molecule has 2 aromatic carbocycles. The van der Waals surface area contributed by atoms with Crippen molar-refractivity contribution in [3.05, 3.63) is 106 Å². The van der Waals surface area contributed by atoms with E-state index in [-0.39, 0.29) is 12.1 Å². The number of nitrogens with one attached hydrogen (secondary N) is 1. The molecular formula is C23H18ClN3OS. The summed E-state index contributed by atoms with van der Waals surface area (Å²) in [5, 5.41) is 5.57. The van der Waals surface area contributed by atoms with Gasteiger partial charge in [-0.2, -0.15) is 0 Å². The van der Waals surface area contributed by atoms with Gasteiger partial charge in [-0.15, -0.1) is 11.3 Å². The Morgan fingerprint density at radius 3 is 2.66 bits per heavy atom. The van der Waals surface area contributed by atoms with Gasteiger partial charge in [-0.25, -0.2) is 4.79 Å². The second kappa shape index (κ2) is 7.43. The Kier molecular flexibility index (Phi) is 4.62. The number of fused-ring (bicyclic) bond motifs is 3. The third kappa shape index (κ3) is 3.22. The van der Waals surface area contributed by atoms with Crippen molar-refractivity contribution in [2.24, 2.45) is 0 Å². The summed E-state index contributed by atoms with van der Waals surface area (Å²) in [5.74, 6) is 0. The SMILES string of the molecule is O=C(Nc1ccccc1Cl)N1Cc2ccccc2-n2cccc2[C@H]1c1cccs1. The van der Waals surface area contributed by atoms with Crippen LogP contribution in [0.3, 0.4) is 0 Å². The van der Waals surface area contributed by atoms with Gasteiger partial charge in [0.2, 0.25) is 0 Å². The summed E-state index contributed by atoms with van der Waals surface area (Å²) in [6, 6.07) is 23.4. The van der Waals surface area contributed by atoms with Crippen molar-refractivity contribution in [3.8, 4) is 5.69 Å². The molecule has 2 aromatic heterocycles. The summed E-state index contributed by atoms with van der Waals surface area (Å²) in [5.41, 5.74) is 3.86. The Morgan fingerprint density at radius 1 is 1.00 bits per heavy atom. The standard InChI is InChI=1S/C23H18ClN3OS/c24-17-8-2-3-9-18(17)25-23(28)27-15-16-7-1-4-10-19(16)26-13-5-11-20(26)22(27)21-12-6-14-29-21/h1-14,22H,15H2,(H,25,28)/t22-/m0/s1. The third-order valence-electron chi connectivity index (χ3n) is 5.15. The van der Waals surface area contributed by atoms with Crippen LogP contribution in [0.5, 0.6) is 0 Å². The minimum Gasteiger partial charge on any atom is -0.318 e. The number of hydrogen-bond donors (Lipinski definition) is 1. The molecule has 3 heterocycles. The van der Waals surface area contributed by atoms with Gasteiger partial charge in [-0.1, -0.05) is 48.0 Å². The lowest BCUT2D eigenvalue weighted by molar-refractivity contribution is 0.195. The van der Waals surface area contributed by atoms with Crippen LogP contribution in [-0.4, -0.2) is 15.5 Å². The van der Waals surface area contributed by atoms with E-state index in [2.05, 4.69) is 40.3 Å². The van der Waals surface area contributed by atoms with Gasteiger partial charge in [-0.05, 0) is 47.3 Å². The Balaban J connectivity index is 1.63. The molecule has 0 saturated carbocycles. The molecule has 2 amide bonds. The topological polar surface area (TPSA) is 37.3 Å². The zero-order valence-electron chi connectivity index (χ0n) is 15.5. The highest BCUT2D eigenvalue weighted by Crippen LogP contribution is 2.38. The fourth-order valence-corrected chi connectivity index (χ4v) is 4.87. The summed E-state index contributed by atoms with van der Waals surface area (Å²) in [7, 11) is 0. The Morgan fingerprint density at radius 2 is 1.83 bits per heavy atom. The number of hydrogen-bond acceptors (Lipinski definition) is 2. The maximum absolute atomic E-state index is 13.5. The molecule has 0 fully saturated rings. The zero-order valence-corrected chi connectivity index (χ0v) is 17.0. The summed E-state index contributed by atoms with van der Waals surface area (Å²) in [6.07, 6.45) is 2.06. The van der Waals surface area contributed by atoms with E-state index >= 15 is 0 Å². The van der Waals surface area contributed by atoms with E-state index in [0.29, 0.717) is 17.3 Å². The number of halogens is 1. The molecule has 1 N–H and O–H groups in total. The number of aromatic nitrogens is 1. The number of benzene rings is 2. The molecule has 29 heavy (non-hydrogen) atoms. The van der Waals surface area contributed by atoms with Crippen LogP contribution in [-0.2, 0) is 6.54 Å². The molecule has 0 radical (unpaired) electrons. The largest absolute Gasteiger partial charge is 0.323 e. The van der Waals surface area contributed by atoms with Gasteiger partial charge in [0.1, 0.15) is 6.04 Å². The maximum Gasteiger partial charge on any atom is 0.323 e. The number of carbonyl (C=O) groups excluding carboxylic acids is 1. The van der Waals surface area contributed by atoms with Crippen LogP contribution in [0.1, 0.15) is 22.2 Å². The van der Waals surface area contributed by atoms with Crippen molar-refractivity contribution < 1.29 is 4.79 Å². The van der Waals surface area contributed by atoms with Crippen molar-refractivity contribution in [3.63, 3.8) is 0 Å². The number of para-hydroxylation sites is 2. The minimum absolute atomic E-state index is 0.180. The molecule has 0 saturated heterocycles. The van der Waals surface area contributed by atoms with E-state index in [1.54, 1.807) is 17.4 Å². The number of urea groups is 1. The van der Waals surface area contributed by atoms with Gasteiger partial charge in [0.15, 0.2) is 0 Å². The van der Waals surface area contributed by atoms with Crippen molar-refractivity contribution in [2.75, 3.05) is 5.32 Å². The Hall–Kier alpha value is -3.02. The molecule has 144 valence electrons. The summed E-state index contributed by atoms with van der Waals surface area (Å²) >= 11 is 7.94. The number of amides is 2. The van der Waals surface area contributed by atoms with Crippen LogP contribution in [0.2, 0.25) is 5.02 Å². The molecule has 1 aliphatic rings. The van der Waals surface area contributed by atoms with Gasteiger partial charge in [0.05, 0.1) is 28.6 Å². The first-order valence-corrected chi connectivity index (χ1v) is 10.6. The molecule has 4 aromatic rings. The normalized spacial score (nSPS) is 15.3. The highest BCUT2D eigenvalue weighted by Gasteiger charge is 2.33. The summed E-state index contributed by atoms with van der Waals surface area (Å²) < 4.78 is 2.18. The highest BCUT2D eigenvalue weighted by atomic mass is 35.5. The van der Waals surface area contributed by atoms with Crippen LogP contribution in [0.25, 0.3) is 5.69 Å². The van der Waals surface area contributed by atoms with E-state index in [4.69, 9.17) is 11.6 Å². The predicted octanol–water partition coefficient (Wildman–Crippen LogP) is 6.33. The Labute approximate surface area is 178 Å². The third-order valence-corrected chi connectivity index (χ3v) is 6.41. The smallest absolute Gasteiger partial charge is 0.318 e. The van der Waals surface area contributed by atoms with Gasteiger partial charge in [-0.3, -0.25) is 0 Å². The number of rotatable bonds is 2. The van der Waals surface area contributed by atoms with Gasteiger partial charge >= 0.3 is 6.03 Å². The Bertz CT molecular complexity index is 1170. The molecule has 1 atom stereocenters. The average Bonchev–Trinajstić information content (AvgIpc) is 3.41. The molecular weight excluding hydrogens is 402 g/mol. The lowest BCUT2D eigenvalue weighted by atomic mass is 10.1. The average molecular weight is 420 g/mol. The van der Waals surface area contributed by atoms with Gasteiger partial charge < -0.3 is 14.8 Å². The molecule has 0 aliphatic carbocycles. The van der Waals surface area contributed by atoms with Crippen molar-refractivity contribution in [2.45, 2.75) is 12.6 Å². The molecule has 1 aliphatic heterocycles.